The van der Waals surface area contributed by atoms with Crippen molar-refractivity contribution in [3.05, 3.63) is 23.4 Å². The summed E-state index contributed by atoms with van der Waals surface area (Å²) in [5.74, 6) is 1.57. The van der Waals surface area contributed by atoms with Gasteiger partial charge in [0.05, 0.1) is 11.3 Å². The van der Waals surface area contributed by atoms with Gasteiger partial charge in [-0.15, -0.1) is 0 Å². The van der Waals surface area contributed by atoms with Gasteiger partial charge in [0.25, 0.3) is 0 Å². The molecule has 1 aliphatic heterocycles. The van der Waals surface area contributed by atoms with Crippen molar-refractivity contribution in [1.82, 2.24) is 19.9 Å². The van der Waals surface area contributed by atoms with Crippen molar-refractivity contribution < 1.29 is 8.42 Å². The average molecular weight is 431 g/mol. The number of aromatic nitrogens is 1. The van der Waals surface area contributed by atoms with Gasteiger partial charge in [0.2, 0.25) is 10.0 Å². The third-order valence-electron chi connectivity index (χ3n) is 4.57. The van der Waals surface area contributed by atoms with E-state index < -0.39 is 10.0 Å². The predicted octanol–water partition coefficient (Wildman–Crippen LogP) is 1.54. The Kier molecular flexibility index (Phi) is 8.78. The number of anilines is 1. The minimum Gasteiger partial charge on any atom is -0.357 e. The Balaban J connectivity index is 1.87. The number of rotatable bonds is 9. The fourth-order valence-electron chi connectivity index (χ4n) is 3.19. The number of halogens is 1. The van der Waals surface area contributed by atoms with Gasteiger partial charge in [0, 0.05) is 51.5 Å². The van der Waals surface area contributed by atoms with Gasteiger partial charge >= 0.3 is 0 Å². The predicted molar refractivity (Wildman–Crippen MR) is 116 cm³/mol. The van der Waals surface area contributed by atoms with Crippen molar-refractivity contribution in [2.45, 2.75) is 32.7 Å². The molecule has 0 radical (unpaired) electrons. The summed E-state index contributed by atoms with van der Waals surface area (Å²) in [6.07, 6.45) is 4.64. The summed E-state index contributed by atoms with van der Waals surface area (Å²) < 4.78 is 24.7. The van der Waals surface area contributed by atoms with E-state index in [0.29, 0.717) is 31.1 Å². The molecule has 0 amide bonds. The maximum atomic E-state index is 11.6. The maximum Gasteiger partial charge on any atom is 0.211 e. The fraction of sp³-hybridized carbons (Fsp3) is 0.667. The van der Waals surface area contributed by atoms with Gasteiger partial charge < -0.3 is 15.5 Å². The van der Waals surface area contributed by atoms with Gasteiger partial charge in [-0.05, 0) is 31.9 Å². The SMILES string of the molecule is CCNC(=NCCCN(CC)S(C)(=O)=O)NC1CCN(c2ncccc2Cl)C1. The van der Waals surface area contributed by atoms with E-state index in [-0.39, 0.29) is 6.04 Å². The Labute approximate surface area is 173 Å². The zero-order valence-electron chi connectivity index (χ0n) is 16.9. The molecule has 1 unspecified atom stereocenters. The van der Waals surface area contributed by atoms with Gasteiger partial charge in [-0.25, -0.2) is 17.7 Å². The molecule has 0 spiro atoms. The van der Waals surface area contributed by atoms with Crippen LogP contribution in [0.3, 0.4) is 0 Å². The summed E-state index contributed by atoms with van der Waals surface area (Å²) in [5, 5.41) is 7.38. The topological polar surface area (TPSA) is 89.9 Å². The molecule has 1 saturated heterocycles. The fourth-order valence-corrected chi connectivity index (χ4v) is 4.36. The molecular formula is C18H31ClN6O2S. The number of guanidine groups is 1. The van der Waals surface area contributed by atoms with Crippen LogP contribution in [0.2, 0.25) is 5.02 Å². The van der Waals surface area contributed by atoms with Gasteiger partial charge in [-0.3, -0.25) is 4.99 Å². The summed E-state index contributed by atoms with van der Waals surface area (Å²) in [6, 6.07) is 3.93. The van der Waals surface area contributed by atoms with Gasteiger partial charge in [-0.2, -0.15) is 0 Å². The van der Waals surface area contributed by atoms with Crippen molar-refractivity contribution in [3.63, 3.8) is 0 Å². The van der Waals surface area contributed by atoms with Gasteiger partial charge in [-0.1, -0.05) is 18.5 Å². The lowest BCUT2D eigenvalue weighted by molar-refractivity contribution is 0.427. The van der Waals surface area contributed by atoms with Crippen LogP contribution < -0.4 is 15.5 Å². The first-order valence-corrected chi connectivity index (χ1v) is 11.9. The normalized spacial score (nSPS) is 18.0. The molecule has 0 bridgehead atoms. The number of nitrogens with one attached hydrogen (secondary N) is 2. The highest BCUT2D eigenvalue weighted by Gasteiger charge is 2.25. The van der Waals surface area contributed by atoms with Crippen LogP contribution in [-0.4, -0.2) is 75.2 Å². The monoisotopic (exact) mass is 430 g/mol. The Morgan fingerprint density at radius 2 is 2.25 bits per heavy atom. The second kappa shape index (κ2) is 10.8. The molecule has 8 nitrogen and oxygen atoms in total. The lowest BCUT2D eigenvalue weighted by Gasteiger charge is -2.20. The van der Waals surface area contributed by atoms with Crippen molar-refractivity contribution in [2.24, 2.45) is 4.99 Å². The first-order valence-electron chi connectivity index (χ1n) is 9.70. The summed E-state index contributed by atoms with van der Waals surface area (Å²) in [5.41, 5.74) is 0. The molecule has 0 aromatic carbocycles. The highest BCUT2D eigenvalue weighted by atomic mass is 35.5. The van der Waals surface area contributed by atoms with E-state index in [0.717, 1.165) is 37.8 Å². The number of hydrogen-bond acceptors (Lipinski definition) is 5. The molecule has 158 valence electrons. The van der Waals surface area contributed by atoms with E-state index in [9.17, 15) is 8.42 Å². The minimum absolute atomic E-state index is 0.249. The summed E-state index contributed by atoms with van der Waals surface area (Å²) >= 11 is 6.25. The first kappa shape index (κ1) is 22.7. The van der Waals surface area contributed by atoms with Crippen LogP contribution in [0.15, 0.2) is 23.3 Å². The summed E-state index contributed by atoms with van der Waals surface area (Å²) in [4.78, 5) is 11.2. The zero-order chi connectivity index (χ0) is 20.6. The molecule has 10 heteroatoms. The van der Waals surface area contributed by atoms with E-state index in [4.69, 9.17) is 11.6 Å². The van der Waals surface area contributed by atoms with Crippen LogP contribution in [0.4, 0.5) is 5.82 Å². The molecule has 2 N–H and O–H groups in total. The number of nitrogens with zero attached hydrogens (tertiary/aromatic N) is 4. The van der Waals surface area contributed by atoms with Crippen molar-refractivity contribution >= 4 is 33.4 Å². The zero-order valence-corrected chi connectivity index (χ0v) is 18.4. The number of sulfonamides is 1. The standard InChI is InChI=1S/C18H31ClN6O2S/c1-4-20-18(22-11-7-12-25(5-2)28(3,26)27)23-15-9-13-24(14-15)17-16(19)8-6-10-21-17/h6,8,10,15H,4-5,7,9,11-14H2,1-3H3,(H2,20,22,23). The Morgan fingerprint density at radius 3 is 2.89 bits per heavy atom. The Hall–Kier alpha value is -1.58. The minimum atomic E-state index is -3.15. The second-order valence-electron chi connectivity index (χ2n) is 6.75. The second-order valence-corrected chi connectivity index (χ2v) is 9.14. The van der Waals surface area contributed by atoms with E-state index in [1.54, 1.807) is 6.20 Å². The third-order valence-corrected chi connectivity index (χ3v) is 6.24. The van der Waals surface area contributed by atoms with Crippen molar-refractivity contribution in [1.29, 1.82) is 0 Å². The summed E-state index contributed by atoms with van der Waals surface area (Å²) in [6.45, 7) is 7.83. The van der Waals surface area contributed by atoms with Crippen LogP contribution in [-0.2, 0) is 10.0 Å². The van der Waals surface area contributed by atoms with Crippen molar-refractivity contribution in [3.8, 4) is 0 Å². The molecule has 2 rings (SSSR count). The number of pyridine rings is 1. The first-order chi connectivity index (χ1) is 13.3. The third kappa shape index (κ3) is 6.79. The quantitative estimate of drug-likeness (QED) is 0.351. The van der Waals surface area contributed by atoms with Gasteiger partial charge in [0.15, 0.2) is 5.96 Å². The molecule has 1 aliphatic rings. The Morgan fingerprint density at radius 1 is 1.46 bits per heavy atom. The van der Waals surface area contributed by atoms with Crippen LogP contribution in [0.1, 0.15) is 26.7 Å². The highest BCUT2D eigenvalue weighted by Crippen LogP contribution is 2.25. The van der Waals surface area contributed by atoms with Crippen molar-refractivity contribution in [2.75, 3.05) is 50.4 Å². The van der Waals surface area contributed by atoms with Crippen LogP contribution >= 0.6 is 11.6 Å². The molecule has 1 atom stereocenters. The molecule has 28 heavy (non-hydrogen) atoms. The summed E-state index contributed by atoms with van der Waals surface area (Å²) in [7, 11) is -3.15. The van der Waals surface area contributed by atoms with Gasteiger partial charge in [0.1, 0.15) is 5.82 Å². The average Bonchev–Trinajstić information content (AvgIpc) is 3.09. The molecule has 0 aliphatic carbocycles. The van der Waals surface area contributed by atoms with Crippen LogP contribution in [0, 0.1) is 0 Å². The highest BCUT2D eigenvalue weighted by molar-refractivity contribution is 7.88. The van der Waals surface area contributed by atoms with Crippen LogP contribution in [0.5, 0.6) is 0 Å². The van der Waals surface area contributed by atoms with E-state index in [1.807, 2.05) is 26.0 Å². The molecule has 1 aromatic rings. The maximum absolute atomic E-state index is 11.6. The largest absolute Gasteiger partial charge is 0.357 e. The molecule has 1 aromatic heterocycles. The van der Waals surface area contributed by atoms with Crippen LogP contribution in [0.25, 0.3) is 0 Å². The molecular weight excluding hydrogens is 400 g/mol. The lowest BCUT2D eigenvalue weighted by atomic mass is 10.3. The Bertz CT molecular complexity index is 758. The lowest BCUT2D eigenvalue weighted by Crippen LogP contribution is -2.44. The number of aliphatic imine (C=N–C) groups is 1. The van der Waals surface area contributed by atoms with E-state index >= 15 is 0 Å². The molecule has 0 saturated carbocycles. The number of hydrogen-bond donors (Lipinski definition) is 2. The van der Waals surface area contributed by atoms with E-state index in [1.165, 1.54) is 10.6 Å². The van der Waals surface area contributed by atoms with E-state index in [2.05, 4.69) is 25.5 Å². The molecule has 2 heterocycles. The smallest absolute Gasteiger partial charge is 0.211 e. The molecule has 1 fully saturated rings.